The second kappa shape index (κ2) is 10.2. The number of aliphatic hydroxyl groups is 1. The number of ketones is 1. The maximum atomic E-state index is 14.5. The van der Waals surface area contributed by atoms with Gasteiger partial charge in [0.2, 0.25) is 0 Å². The molecule has 11 nitrogen and oxygen atoms in total. The molecule has 8 aliphatic rings. The lowest BCUT2D eigenvalue weighted by Crippen LogP contribution is -2.76. The van der Waals surface area contributed by atoms with Crippen molar-refractivity contribution >= 4 is 17.7 Å². The van der Waals surface area contributed by atoms with Gasteiger partial charge in [0.15, 0.2) is 11.9 Å². The number of carbonyl (C=O) groups excluding carboxylic acids is 3. The van der Waals surface area contributed by atoms with E-state index in [1.807, 2.05) is 26.8 Å². The number of esters is 2. The third-order valence-electron chi connectivity index (χ3n) is 14.5. The van der Waals surface area contributed by atoms with Crippen LogP contribution in [0.25, 0.3) is 0 Å². The number of epoxide rings is 1. The van der Waals surface area contributed by atoms with Crippen molar-refractivity contribution in [3.63, 3.8) is 0 Å². The molecule has 3 aliphatic carbocycles. The third kappa shape index (κ3) is 3.80. The number of cyclic esters (lactones) is 2. The predicted octanol–water partition coefficient (Wildman–Crippen LogP) is 3.14. The summed E-state index contributed by atoms with van der Waals surface area (Å²) in [4.78, 5) is 40.8. The topological polar surface area (TPSA) is 149 Å². The zero-order chi connectivity index (χ0) is 33.4. The van der Waals surface area contributed by atoms with Crippen molar-refractivity contribution in [2.75, 3.05) is 19.8 Å². The van der Waals surface area contributed by atoms with Gasteiger partial charge in [-0.25, -0.2) is 4.79 Å². The molecule has 5 saturated heterocycles. The SMILES string of the molecule is CC1(C)O[C@H]2CC(=O)OC[C@@]23[C@@H]1C(=O)[C@@H](O)[C@]1(C)[C@@H]3CC[C@@]2(C)[C@H](c3ccoc3CC[C@H]3C=C[C@H]([C@@H]4CNCN4)CC3)OC(=O)[C@H]3O[C@@]312. The first-order valence-electron chi connectivity index (χ1n) is 18.0. The zero-order valence-electron chi connectivity index (χ0n) is 28.3. The molecule has 13 atom stereocenters. The fourth-order valence-electron chi connectivity index (χ4n) is 12.4. The van der Waals surface area contributed by atoms with Crippen LogP contribution in [0.15, 0.2) is 28.9 Å². The maximum Gasteiger partial charge on any atom is 0.339 e. The minimum Gasteiger partial charge on any atom is -0.469 e. The van der Waals surface area contributed by atoms with Gasteiger partial charge in [0, 0.05) is 47.5 Å². The quantitative estimate of drug-likeness (QED) is 0.242. The average molecular weight is 665 g/mol. The number of carbonyl (C=O) groups is 3. The lowest BCUT2D eigenvalue weighted by molar-refractivity contribution is -0.252. The highest BCUT2D eigenvalue weighted by molar-refractivity contribution is 5.92. The fraction of sp³-hybridized carbons (Fsp3) is 0.757. The van der Waals surface area contributed by atoms with Gasteiger partial charge in [-0.3, -0.25) is 14.9 Å². The van der Waals surface area contributed by atoms with Gasteiger partial charge in [0.1, 0.15) is 30.2 Å². The number of Topliss-reactive ketones (excluding diaryl/α,β-unsaturated/α-hetero) is 1. The zero-order valence-corrected chi connectivity index (χ0v) is 28.3. The maximum absolute atomic E-state index is 14.5. The van der Waals surface area contributed by atoms with Gasteiger partial charge < -0.3 is 33.8 Å². The first-order valence-corrected chi connectivity index (χ1v) is 18.0. The summed E-state index contributed by atoms with van der Waals surface area (Å²) in [7, 11) is 0. The van der Waals surface area contributed by atoms with E-state index in [-0.39, 0.29) is 30.7 Å². The number of hydrogen-bond donors (Lipinski definition) is 3. The van der Waals surface area contributed by atoms with Crippen molar-refractivity contribution in [3.8, 4) is 0 Å². The van der Waals surface area contributed by atoms with Gasteiger partial charge >= 0.3 is 11.9 Å². The number of aliphatic hydroxyl groups excluding tert-OH is 1. The minimum absolute atomic E-state index is 0.0466. The number of aryl methyl sites for hydroxylation is 1. The van der Waals surface area contributed by atoms with E-state index in [0.29, 0.717) is 37.1 Å². The van der Waals surface area contributed by atoms with E-state index in [0.717, 1.165) is 43.8 Å². The van der Waals surface area contributed by atoms with Gasteiger partial charge in [0.25, 0.3) is 0 Å². The Morgan fingerprint density at radius 1 is 1.02 bits per heavy atom. The number of rotatable bonds is 5. The smallest absolute Gasteiger partial charge is 0.339 e. The Morgan fingerprint density at radius 2 is 1.85 bits per heavy atom. The fourth-order valence-corrected chi connectivity index (χ4v) is 12.4. The molecule has 1 aromatic heterocycles. The van der Waals surface area contributed by atoms with Gasteiger partial charge in [-0.05, 0) is 69.8 Å². The number of nitrogens with one attached hydrogen (secondary N) is 2. The Bertz CT molecular complexity index is 1580. The molecule has 260 valence electrons. The highest BCUT2D eigenvalue weighted by Gasteiger charge is 2.90. The summed E-state index contributed by atoms with van der Waals surface area (Å²) in [6, 6.07) is 2.41. The molecule has 48 heavy (non-hydrogen) atoms. The Morgan fingerprint density at radius 3 is 2.60 bits per heavy atom. The molecule has 2 spiro atoms. The van der Waals surface area contributed by atoms with Crippen LogP contribution in [-0.4, -0.2) is 78.2 Å². The predicted molar refractivity (Wildman–Crippen MR) is 169 cm³/mol. The summed E-state index contributed by atoms with van der Waals surface area (Å²) in [5, 5.41) is 19.1. The molecular formula is C37H48N2O9. The number of hydrogen-bond acceptors (Lipinski definition) is 11. The van der Waals surface area contributed by atoms with Gasteiger partial charge in [0.05, 0.1) is 30.3 Å². The largest absolute Gasteiger partial charge is 0.469 e. The Labute approximate surface area is 280 Å². The van der Waals surface area contributed by atoms with Crippen molar-refractivity contribution in [1.82, 2.24) is 10.6 Å². The Kier molecular flexibility index (Phi) is 6.71. The lowest BCUT2D eigenvalue weighted by Gasteiger charge is -2.66. The van der Waals surface area contributed by atoms with E-state index in [1.165, 1.54) is 0 Å². The van der Waals surface area contributed by atoms with Crippen LogP contribution in [0.5, 0.6) is 0 Å². The second-order valence-electron chi connectivity index (χ2n) is 16.9. The van der Waals surface area contributed by atoms with Gasteiger partial charge in [-0.2, -0.15) is 0 Å². The molecule has 9 rings (SSSR count). The number of furan rings is 1. The third-order valence-corrected chi connectivity index (χ3v) is 14.5. The first-order chi connectivity index (χ1) is 22.9. The van der Waals surface area contributed by atoms with Crippen molar-refractivity contribution in [1.29, 1.82) is 0 Å². The van der Waals surface area contributed by atoms with E-state index in [1.54, 1.807) is 6.26 Å². The Hall–Kier alpha value is -2.57. The summed E-state index contributed by atoms with van der Waals surface area (Å²) >= 11 is 0. The molecule has 2 saturated carbocycles. The standard InChI is InChI=1S/C37H48N2O9/c1-33(2)28-27(41)29(42)35(4)24(36(28)17-45-26(40)15-25(36)47-33)11-13-34(3)30(46-32(43)31-37(34,35)48-31)21-12-14-44-23(21)10-7-19-5-8-20(9-6-19)22-16-38-18-39-22/h5,8,12,14,19-20,22,24-25,28-31,38-39,42H,6-7,9-11,13,15-18H2,1-4H3/t19-,20-,22-,24-,25-,28+,29+,30-,31+,34-,35-,36-,37+/m0/s1. The van der Waals surface area contributed by atoms with Crippen LogP contribution in [0.2, 0.25) is 0 Å². The molecule has 3 N–H and O–H groups in total. The summed E-state index contributed by atoms with van der Waals surface area (Å²) in [5.74, 6) is -0.305. The number of ether oxygens (including phenoxy) is 4. The van der Waals surface area contributed by atoms with E-state index in [4.69, 9.17) is 23.4 Å². The monoisotopic (exact) mass is 664 g/mol. The molecule has 5 aliphatic heterocycles. The molecule has 6 heterocycles. The second-order valence-corrected chi connectivity index (χ2v) is 16.9. The lowest BCUT2D eigenvalue weighted by atomic mass is 9.36. The molecule has 0 aromatic carbocycles. The van der Waals surface area contributed by atoms with Crippen molar-refractivity contribution in [2.45, 2.75) is 114 Å². The molecular weight excluding hydrogens is 616 g/mol. The van der Waals surface area contributed by atoms with Crippen molar-refractivity contribution in [2.24, 2.45) is 39.9 Å². The molecule has 0 bridgehead atoms. The highest BCUT2D eigenvalue weighted by Crippen LogP contribution is 2.80. The first kappa shape index (κ1) is 31.4. The molecule has 0 unspecified atom stereocenters. The van der Waals surface area contributed by atoms with Crippen LogP contribution in [0.1, 0.15) is 83.6 Å². The van der Waals surface area contributed by atoms with Crippen LogP contribution in [-0.2, 0) is 39.8 Å². The molecule has 1 aromatic rings. The average Bonchev–Trinajstić information content (AvgIpc) is 3.32. The summed E-state index contributed by atoms with van der Waals surface area (Å²) in [5.41, 5.74) is -3.95. The van der Waals surface area contributed by atoms with E-state index in [9.17, 15) is 19.5 Å². The van der Waals surface area contributed by atoms with E-state index < -0.39 is 63.8 Å². The van der Waals surface area contributed by atoms with Crippen LogP contribution in [0, 0.1) is 39.9 Å². The van der Waals surface area contributed by atoms with Crippen LogP contribution < -0.4 is 10.6 Å². The Balaban J connectivity index is 1.04. The molecule has 7 fully saturated rings. The number of fused-ring (bicyclic) bond motifs is 1. The van der Waals surface area contributed by atoms with E-state index in [2.05, 4.69) is 29.7 Å². The van der Waals surface area contributed by atoms with Crippen LogP contribution in [0.3, 0.4) is 0 Å². The summed E-state index contributed by atoms with van der Waals surface area (Å²) in [6.07, 6.45) is 8.11. The van der Waals surface area contributed by atoms with E-state index >= 15 is 0 Å². The molecule has 11 heteroatoms. The summed E-state index contributed by atoms with van der Waals surface area (Å²) in [6.45, 7) is 9.68. The van der Waals surface area contributed by atoms with Crippen LogP contribution >= 0.6 is 0 Å². The highest BCUT2D eigenvalue weighted by atomic mass is 16.7. The van der Waals surface area contributed by atoms with Crippen molar-refractivity contribution in [3.05, 3.63) is 35.8 Å². The van der Waals surface area contributed by atoms with Crippen molar-refractivity contribution < 1.29 is 42.9 Å². The normalized spacial score (nSPS) is 50.0. The van der Waals surface area contributed by atoms with Crippen LogP contribution in [0.4, 0.5) is 0 Å². The summed E-state index contributed by atoms with van der Waals surface area (Å²) < 4.78 is 31.2. The van der Waals surface area contributed by atoms with Gasteiger partial charge in [-0.1, -0.05) is 26.0 Å². The van der Waals surface area contributed by atoms with Gasteiger partial charge in [-0.15, -0.1) is 0 Å². The molecule has 0 amide bonds. The minimum atomic E-state index is -1.39. The number of allylic oxidation sites excluding steroid dienone is 1. The molecule has 0 radical (unpaired) electrons.